The maximum atomic E-state index is 3.45. The first-order chi connectivity index (χ1) is 8.28. The summed E-state index contributed by atoms with van der Waals surface area (Å²) in [5, 5.41) is 3.45. The van der Waals surface area contributed by atoms with Crippen LogP contribution in [-0.2, 0) is 0 Å². The number of nitrogens with one attached hydrogen (secondary N) is 1. The molecular formula is C15H30N2. The van der Waals surface area contributed by atoms with E-state index in [2.05, 4.69) is 24.1 Å². The first-order valence-corrected chi connectivity index (χ1v) is 7.71. The van der Waals surface area contributed by atoms with Crippen LogP contribution in [0.1, 0.15) is 52.4 Å². The molecule has 0 aromatic rings. The maximum Gasteiger partial charge on any atom is -0.00134 e. The molecule has 1 saturated heterocycles. The molecule has 0 amide bonds. The van der Waals surface area contributed by atoms with Crippen molar-refractivity contribution in [2.24, 2.45) is 11.3 Å². The van der Waals surface area contributed by atoms with Gasteiger partial charge < -0.3 is 10.2 Å². The van der Waals surface area contributed by atoms with Gasteiger partial charge in [-0.15, -0.1) is 0 Å². The highest BCUT2D eigenvalue weighted by atomic mass is 15.1. The van der Waals surface area contributed by atoms with Crippen LogP contribution in [0.2, 0.25) is 0 Å². The average Bonchev–Trinajstić information content (AvgIpc) is 2.30. The normalized spacial score (nSPS) is 25.1. The van der Waals surface area contributed by atoms with E-state index in [1.54, 1.807) is 0 Å². The lowest BCUT2D eigenvalue weighted by Crippen LogP contribution is -2.47. The summed E-state index contributed by atoms with van der Waals surface area (Å²) in [5.41, 5.74) is 0.779. The lowest BCUT2D eigenvalue weighted by atomic mass is 9.57. The Kier molecular flexibility index (Phi) is 4.87. The van der Waals surface area contributed by atoms with E-state index in [1.165, 1.54) is 64.7 Å². The van der Waals surface area contributed by atoms with Crippen molar-refractivity contribution in [3.63, 3.8) is 0 Å². The zero-order valence-corrected chi connectivity index (χ0v) is 11.8. The van der Waals surface area contributed by atoms with E-state index in [9.17, 15) is 0 Å². The fourth-order valence-electron chi connectivity index (χ4n) is 3.83. The molecule has 1 heterocycles. The molecule has 2 heteroatoms. The zero-order valence-electron chi connectivity index (χ0n) is 11.8. The Balaban J connectivity index is 1.62. The van der Waals surface area contributed by atoms with Crippen LogP contribution in [0, 0.1) is 11.3 Å². The Morgan fingerprint density at radius 1 is 1.18 bits per heavy atom. The van der Waals surface area contributed by atoms with E-state index in [0.717, 1.165) is 17.9 Å². The van der Waals surface area contributed by atoms with Gasteiger partial charge in [-0.25, -0.2) is 0 Å². The molecule has 1 aliphatic heterocycles. The smallest absolute Gasteiger partial charge is 0.00134 e. The minimum Gasteiger partial charge on any atom is -0.317 e. The van der Waals surface area contributed by atoms with Gasteiger partial charge in [-0.1, -0.05) is 13.8 Å². The summed E-state index contributed by atoms with van der Waals surface area (Å²) in [6.07, 6.45) is 8.73. The third-order valence-corrected chi connectivity index (χ3v) is 4.88. The topological polar surface area (TPSA) is 15.3 Å². The van der Waals surface area contributed by atoms with Crippen LogP contribution in [-0.4, -0.2) is 37.6 Å². The van der Waals surface area contributed by atoms with Gasteiger partial charge in [0.25, 0.3) is 0 Å². The van der Waals surface area contributed by atoms with Crippen LogP contribution in [0.25, 0.3) is 0 Å². The van der Waals surface area contributed by atoms with Crippen LogP contribution in [0.4, 0.5) is 0 Å². The Morgan fingerprint density at radius 3 is 2.47 bits per heavy atom. The van der Waals surface area contributed by atoms with Crippen molar-refractivity contribution in [2.45, 2.75) is 52.4 Å². The fraction of sp³-hybridized carbons (Fsp3) is 1.00. The lowest BCUT2D eigenvalue weighted by molar-refractivity contribution is -0.0156. The van der Waals surface area contributed by atoms with Gasteiger partial charge in [0, 0.05) is 0 Å². The molecule has 100 valence electrons. The van der Waals surface area contributed by atoms with Crippen LogP contribution in [0.5, 0.6) is 0 Å². The molecule has 0 aromatic carbocycles. The van der Waals surface area contributed by atoms with Gasteiger partial charge >= 0.3 is 0 Å². The predicted octanol–water partition coefficient (Wildman–Crippen LogP) is 2.89. The maximum absolute atomic E-state index is 3.45. The number of nitrogens with zero attached hydrogens (tertiary/aromatic N) is 1. The quantitative estimate of drug-likeness (QED) is 0.716. The number of rotatable bonds is 6. The van der Waals surface area contributed by atoms with E-state index in [0.29, 0.717) is 0 Å². The van der Waals surface area contributed by atoms with Crippen molar-refractivity contribution in [2.75, 3.05) is 32.7 Å². The Labute approximate surface area is 107 Å². The van der Waals surface area contributed by atoms with Crippen molar-refractivity contribution in [3.8, 4) is 0 Å². The molecule has 2 rings (SSSR count). The molecule has 0 bridgehead atoms. The minimum atomic E-state index is 0.779. The third-order valence-electron chi connectivity index (χ3n) is 4.88. The fourth-order valence-corrected chi connectivity index (χ4v) is 3.83. The first kappa shape index (κ1) is 13.4. The van der Waals surface area contributed by atoms with E-state index in [4.69, 9.17) is 0 Å². The van der Waals surface area contributed by atoms with Gasteiger partial charge in [0.15, 0.2) is 0 Å². The highest BCUT2D eigenvalue weighted by Crippen LogP contribution is 2.53. The molecule has 1 spiro atoms. The Hall–Kier alpha value is -0.0800. The van der Waals surface area contributed by atoms with Gasteiger partial charge in [-0.3, -0.25) is 0 Å². The molecular weight excluding hydrogens is 208 g/mol. The van der Waals surface area contributed by atoms with Crippen molar-refractivity contribution in [3.05, 3.63) is 0 Å². The molecule has 1 N–H and O–H groups in total. The minimum absolute atomic E-state index is 0.779. The molecule has 1 aliphatic carbocycles. The van der Waals surface area contributed by atoms with E-state index < -0.39 is 0 Å². The predicted molar refractivity (Wildman–Crippen MR) is 74.3 cm³/mol. The second kappa shape index (κ2) is 6.19. The zero-order chi connectivity index (χ0) is 12.1. The molecule has 0 atom stereocenters. The summed E-state index contributed by atoms with van der Waals surface area (Å²) in [5.74, 6) is 1.03. The highest BCUT2D eigenvalue weighted by Gasteiger charge is 2.44. The van der Waals surface area contributed by atoms with E-state index >= 15 is 0 Å². The monoisotopic (exact) mass is 238 g/mol. The summed E-state index contributed by atoms with van der Waals surface area (Å²) in [7, 11) is 0. The van der Waals surface area contributed by atoms with Gasteiger partial charge in [0.1, 0.15) is 0 Å². The van der Waals surface area contributed by atoms with Crippen molar-refractivity contribution >= 4 is 0 Å². The van der Waals surface area contributed by atoms with Crippen LogP contribution < -0.4 is 5.32 Å². The SMILES string of the molecule is CCCN1CCC2(CC1)CC(CCNCC)C2. The average molecular weight is 238 g/mol. The summed E-state index contributed by atoms with van der Waals surface area (Å²) >= 11 is 0. The molecule has 0 radical (unpaired) electrons. The summed E-state index contributed by atoms with van der Waals surface area (Å²) in [6.45, 7) is 10.9. The Morgan fingerprint density at radius 2 is 1.88 bits per heavy atom. The largest absolute Gasteiger partial charge is 0.317 e. The molecule has 2 aliphatic rings. The second-order valence-corrected chi connectivity index (χ2v) is 6.26. The molecule has 2 fully saturated rings. The molecule has 1 saturated carbocycles. The summed E-state index contributed by atoms with van der Waals surface area (Å²) in [4.78, 5) is 2.66. The molecule has 0 unspecified atom stereocenters. The van der Waals surface area contributed by atoms with Gasteiger partial charge in [0.2, 0.25) is 0 Å². The number of hydrogen-bond donors (Lipinski definition) is 1. The highest BCUT2D eigenvalue weighted by molar-refractivity contribution is 4.96. The summed E-state index contributed by atoms with van der Waals surface area (Å²) < 4.78 is 0. The molecule has 0 aromatic heterocycles. The Bertz CT molecular complexity index is 211. The van der Waals surface area contributed by atoms with Gasteiger partial charge in [0.05, 0.1) is 0 Å². The standard InChI is InChI=1S/C15H30N2/c1-3-9-17-10-6-15(7-11-17)12-14(13-15)5-8-16-4-2/h14,16H,3-13H2,1-2H3. The van der Waals surface area contributed by atoms with Crippen LogP contribution in [0.15, 0.2) is 0 Å². The number of hydrogen-bond acceptors (Lipinski definition) is 2. The van der Waals surface area contributed by atoms with Crippen molar-refractivity contribution in [1.29, 1.82) is 0 Å². The second-order valence-electron chi connectivity index (χ2n) is 6.26. The van der Waals surface area contributed by atoms with E-state index in [-0.39, 0.29) is 0 Å². The van der Waals surface area contributed by atoms with Gasteiger partial charge in [-0.05, 0) is 82.6 Å². The van der Waals surface area contributed by atoms with Crippen molar-refractivity contribution < 1.29 is 0 Å². The van der Waals surface area contributed by atoms with Gasteiger partial charge in [-0.2, -0.15) is 0 Å². The lowest BCUT2D eigenvalue weighted by Gasteiger charge is -2.52. The van der Waals surface area contributed by atoms with Crippen LogP contribution >= 0.6 is 0 Å². The summed E-state index contributed by atoms with van der Waals surface area (Å²) in [6, 6.07) is 0. The van der Waals surface area contributed by atoms with Crippen molar-refractivity contribution in [1.82, 2.24) is 10.2 Å². The number of piperidine rings is 1. The third kappa shape index (κ3) is 3.45. The molecule has 17 heavy (non-hydrogen) atoms. The van der Waals surface area contributed by atoms with Crippen LogP contribution in [0.3, 0.4) is 0 Å². The molecule has 2 nitrogen and oxygen atoms in total. The first-order valence-electron chi connectivity index (χ1n) is 7.71. The van der Waals surface area contributed by atoms with E-state index in [1.807, 2.05) is 0 Å². The number of likely N-dealkylation sites (tertiary alicyclic amines) is 1.